The molecule has 0 atom stereocenters. The summed E-state index contributed by atoms with van der Waals surface area (Å²) in [5.74, 6) is 3.04. The number of anilines is 1. The van der Waals surface area contributed by atoms with E-state index in [1.54, 1.807) is 0 Å². The zero-order chi connectivity index (χ0) is 15.4. The minimum atomic E-state index is -0.175. The van der Waals surface area contributed by atoms with Crippen molar-refractivity contribution in [1.29, 1.82) is 0 Å². The number of amides is 1. The maximum atomic E-state index is 12.4. The summed E-state index contributed by atoms with van der Waals surface area (Å²) in [7, 11) is 0. The molecule has 0 bridgehead atoms. The molecule has 1 aliphatic rings. The summed E-state index contributed by atoms with van der Waals surface area (Å²) < 4.78 is 5.37. The van der Waals surface area contributed by atoms with Crippen molar-refractivity contribution in [2.75, 3.05) is 37.7 Å². The standard InChI is InChI=1S/C17H17N3O2/c1-2-7-18-17(21)14-12-16(20-8-10-22-11-9-20)19-15-6-4-3-5-13(14)15/h1,3-6,12H,7-11H2,(H,18,21). The molecule has 1 amide bonds. The highest BCUT2D eigenvalue weighted by Gasteiger charge is 2.17. The van der Waals surface area contributed by atoms with E-state index in [0.29, 0.717) is 18.8 Å². The van der Waals surface area contributed by atoms with Gasteiger partial charge in [-0.25, -0.2) is 4.98 Å². The number of aromatic nitrogens is 1. The van der Waals surface area contributed by atoms with Gasteiger partial charge in [-0.3, -0.25) is 4.79 Å². The second-order valence-electron chi connectivity index (χ2n) is 5.03. The van der Waals surface area contributed by atoms with Crippen LogP contribution in [0.1, 0.15) is 10.4 Å². The van der Waals surface area contributed by atoms with Crippen LogP contribution in [-0.2, 0) is 4.74 Å². The number of benzene rings is 1. The average Bonchev–Trinajstić information content (AvgIpc) is 2.59. The molecule has 22 heavy (non-hydrogen) atoms. The van der Waals surface area contributed by atoms with Crippen LogP contribution in [0.25, 0.3) is 10.9 Å². The molecule has 1 N–H and O–H groups in total. The fraction of sp³-hybridized carbons (Fsp3) is 0.294. The fourth-order valence-electron chi connectivity index (χ4n) is 2.53. The number of hydrogen-bond donors (Lipinski definition) is 1. The van der Waals surface area contributed by atoms with Gasteiger partial charge in [-0.05, 0) is 12.1 Å². The number of hydrogen-bond acceptors (Lipinski definition) is 4. The van der Waals surface area contributed by atoms with Crippen molar-refractivity contribution in [1.82, 2.24) is 10.3 Å². The van der Waals surface area contributed by atoms with Crippen LogP contribution in [0.5, 0.6) is 0 Å². The zero-order valence-corrected chi connectivity index (χ0v) is 12.2. The van der Waals surface area contributed by atoms with Crippen molar-refractivity contribution in [2.45, 2.75) is 0 Å². The summed E-state index contributed by atoms with van der Waals surface area (Å²) in [5.41, 5.74) is 1.40. The quantitative estimate of drug-likeness (QED) is 0.871. The third kappa shape index (κ3) is 2.87. The third-order valence-corrected chi connectivity index (χ3v) is 3.63. The lowest BCUT2D eigenvalue weighted by atomic mass is 10.1. The molecule has 0 saturated carbocycles. The number of morpholine rings is 1. The van der Waals surface area contributed by atoms with E-state index in [2.05, 4.69) is 21.1 Å². The number of nitrogens with one attached hydrogen (secondary N) is 1. The fourth-order valence-corrected chi connectivity index (χ4v) is 2.53. The number of fused-ring (bicyclic) bond motifs is 1. The molecule has 1 aliphatic heterocycles. The zero-order valence-electron chi connectivity index (χ0n) is 12.2. The molecule has 112 valence electrons. The van der Waals surface area contributed by atoms with E-state index in [1.165, 1.54) is 0 Å². The largest absolute Gasteiger partial charge is 0.378 e. The topological polar surface area (TPSA) is 54.5 Å². The first-order valence-corrected chi connectivity index (χ1v) is 7.24. The smallest absolute Gasteiger partial charge is 0.252 e. The van der Waals surface area contributed by atoms with Crippen LogP contribution in [0.2, 0.25) is 0 Å². The molecule has 1 aromatic carbocycles. The summed E-state index contributed by atoms with van der Waals surface area (Å²) in [5, 5.41) is 3.55. The van der Waals surface area contributed by atoms with Crippen molar-refractivity contribution < 1.29 is 9.53 Å². The highest BCUT2D eigenvalue weighted by molar-refractivity contribution is 6.07. The molecule has 1 saturated heterocycles. The minimum Gasteiger partial charge on any atom is -0.378 e. The number of pyridine rings is 1. The van der Waals surface area contributed by atoms with E-state index in [1.807, 2.05) is 30.3 Å². The Morgan fingerprint density at radius 3 is 2.91 bits per heavy atom. The lowest BCUT2D eigenvalue weighted by molar-refractivity contribution is 0.0960. The van der Waals surface area contributed by atoms with Crippen LogP contribution >= 0.6 is 0 Å². The molecule has 2 aromatic rings. The third-order valence-electron chi connectivity index (χ3n) is 3.63. The molecule has 5 heteroatoms. The highest BCUT2D eigenvalue weighted by Crippen LogP contribution is 2.23. The van der Waals surface area contributed by atoms with Gasteiger partial charge in [0.2, 0.25) is 0 Å². The van der Waals surface area contributed by atoms with E-state index in [9.17, 15) is 4.79 Å². The molecule has 2 heterocycles. The number of ether oxygens (including phenoxy) is 1. The van der Waals surface area contributed by atoms with Gasteiger partial charge in [-0.1, -0.05) is 24.1 Å². The maximum absolute atomic E-state index is 12.4. The van der Waals surface area contributed by atoms with Gasteiger partial charge < -0.3 is 15.0 Å². The molecule has 3 rings (SSSR count). The van der Waals surface area contributed by atoms with E-state index < -0.39 is 0 Å². The summed E-state index contributed by atoms with van der Waals surface area (Å²) >= 11 is 0. The van der Waals surface area contributed by atoms with Crippen molar-refractivity contribution in [2.24, 2.45) is 0 Å². The van der Waals surface area contributed by atoms with Gasteiger partial charge in [0, 0.05) is 18.5 Å². The van der Waals surface area contributed by atoms with Gasteiger partial charge in [-0.2, -0.15) is 0 Å². The average molecular weight is 295 g/mol. The molecule has 0 radical (unpaired) electrons. The number of rotatable bonds is 3. The van der Waals surface area contributed by atoms with Crippen molar-refractivity contribution in [3.63, 3.8) is 0 Å². The Hall–Kier alpha value is -2.58. The van der Waals surface area contributed by atoms with E-state index in [0.717, 1.165) is 29.8 Å². The molecule has 5 nitrogen and oxygen atoms in total. The molecule has 0 aliphatic carbocycles. The van der Waals surface area contributed by atoms with E-state index in [-0.39, 0.29) is 12.5 Å². The molecular weight excluding hydrogens is 278 g/mol. The predicted octanol–water partition coefficient (Wildman–Crippen LogP) is 1.43. The molecule has 0 unspecified atom stereocenters. The van der Waals surface area contributed by atoms with E-state index >= 15 is 0 Å². The van der Waals surface area contributed by atoms with Crippen molar-refractivity contribution in [3.8, 4) is 12.3 Å². The summed E-state index contributed by atoms with van der Waals surface area (Å²) in [6, 6.07) is 9.46. The normalized spacial score (nSPS) is 14.6. The Kier molecular flexibility index (Phi) is 4.22. The van der Waals surface area contributed by atoms with Crippen LogP contribution in [0.15, 0.2) is 30.3 Å². The Bertz CT molecular complexity index is 730. The minimum absolute atomic E-state index is 0.175. The monoisotopic (exact) mass is 295 g/mol. The summed E-state index contributed by atoms with van der Waals surface area (Å²) in [4.78, 5) is 19.2. The maximum Gasteiger partial charge on any atom is 0.252 e. The Morgan fingerprint density at radius 2 is 2.14 bits per heavy atom. The summed E-state index contributed by atoms with van der Waals surface area (Å²) in [6.07, 6.45) is 5.22. The predicted molar refractivity (Wildman–Crippen MR) is 85.9 cm³/mol. The highest BCUT2D eigenvalue weighted by atomic mass is 16.5. The first kappa shape index (κ1) is 14.4. The van der Waals surface area contributed by atoms with Gasteiger partial charge in [-0.15, -0.1) is 6.42 Å². The Labute approximate surface area is 129 Å². The SMILES string of the molecule is C#CCNC(=O)c1cc(N2CCOCC2)nc2ccccc12. The van der Waals surface area contributed by atoms with E-state index in [4.69, 9.17) is 11.2 Å². The number of carbonyl (C=O) groups is 1. The first-order chi connectivity index (χ1) is 10.8. The van der Waals surface area contributed by atoms with Gasteiger partial charge in [0.05, 0.1) is 30.8 Å². The van der Waals surface area contributed by atoms with Gasteiger partial charge in [0.25, 0.3) is 5.91 Å². The second kappa shape index (κ2) is 6.46. The van der Waals surface area contributed by atoms with Crippen molar-refractivity contribution in [3.05, 3.63) is 35.9 Å². The molecule has 1 aromatic heterocycles. The number of carbonyl (C=O) groups excluding carboxylic acids is 1. The number of nitrogens with zero attached hydrogens (tertiary/aromatic N) is 2. The van der Waals surface area contributed by atoms with Crippen LogP contribution in [0.4, 0.5) is 5.82 Å². The van der Waals surface area contributed by atoms with Crippen LogP contribution in [0, 0.1) is 12.3 Å². The van der Waals surface area contributed by atoms with Gasteiger partial charge >= 0.3 is 0 Å². The van der Waals surface area contributed by atoms with Crippen LogP contribution in [0.3, 0.4) is 0 Å². The van der Waals surface area contributed by atoms with Gasteiger partial charge in [0.15, 0.2) is 0 Å². The van der Waals surface area contributed by atoms with Crippen molar-refractivity contribution >= 4 is 22.6 Å². The van der Waals surface area contributed by atoms with Crippen LogP contribution < -0.4 is 10.2 Å². The number of terminal acetylenes is 1. The summed E-state index contributed by atoms with van der Waals surface area (Å²) in [6.45, 7) is 3.11. The second-order valence-corrected chi connectivity index (χ2v) is 5.03. The molecular formula is C17H17N3O2. The molecule has 1 fully saturated rings. The lowest BCUT2D eigenvalue weighted by Gasteiger charge is -2.28. The Morgan fingerprint density at radius 1 is 1.36 bits per heavy atom. The first-order valence-electron chi connectivity index (χ1n) is 7.24. The van der Waals surface area contributed by atoms with Gasteiger partial charge in [0.1, 0.15) is 5.82 Å². The lowest BCUT2D eigenvalue weighted by Crippen LogP contribution is -2.37. The molecule has 0 spiro atoms. The van der Waals surface area contributed by atoms with Crippen LogP contribution in [-0.4, -0.2) is 43.7 Å². The Balaban J connectivity index is 2.04. The number of para-hydroxylation sites is 1.